The fourth-order valence-electron chi connectivity index (χ4n) is 0.461. The summed E-state index contributed by atoms with van der Waals surface area (Å²) in [6, 6.07) is -0.108. The van der Waals surface area contributed by atoms with Crippen molar-refractivity contribution >= 4 is 11.5 Å². The van der Waals surface area contributed by atoms with E-state index in [9.17, 15) is 0 Å². The summed E-state index contributed by atoms with van der Waals surface area (Å²) >= 11 is 1.25. The summed E-state index contributed by atoms with van der Waals surface area (Å²) < 4.78 is 3.62. The van der Waals surface area contributed by atoms with Gasteiger partial charge in [0.05, 0.1) is 0 Å². The molecule has 0 fully saturated rings. The van der Waals surface area contributed by atoms with Crippen LogP contribution in [-0.2, 0) is 0 Å². The standard InChI is InChI=1S/C5H8N2OS/c1-3(2)4-6-5(8)7-9-4/h3H,1-2H3,(H,7,8). The molecule has 0 radical (unpaired) electrons. The molecule has 1 N–H and O–H groups in total. The van der Waals surface area contributed by atoms with Gasteiger partial charge in [-0.1, -0.05) is 13.8 Å². The fraction of sp³-hybridized carbons (Fsp3) is 0.600. The molecule has 0 saturated heterocycles. The molecule has 1 heterocycles. The van der Waals surface area contributed by atoms with Crippen molar-refractivity contribution in [3.8, 4) is 6.01 Å². The van der Waals surface area contributed by atoms with Gasteiger partial charge in [-0.15, -0.1) is 4.37 Å². The predicted octanol–water partition coefficient (Wildman–Crippen LogP) is 1.37. The van der Waals surface area contributed by atoms with Crippen molar-refractivity contribution in [3.05, 3.63) is 5.01 Å². The van der Waals surface area contributed by atoms with E-state index in [4.69, 9.17) is 5.11 Å². The second kappa shape index (κ2) is 2.31. The first-order chi connectivity index (χ1) is 4.20. The summed E-state index contributed by atoms with van der Waals surface area (Å²) in [4.78, 5) is 3.77. The van der Waals surface area contributed by atoms with Gasteiger partial charge in [-0.3, -0.25) is 0 Å². The molecule has 50 valence electrons. The summed E-state index contributed by atoms with van der Waals surface area (Å²) in [5, 5.41) is 9.57. The van der Waals surface area contributed by atoms with Crippen molar-refractivity contribution in [2.75, 3.05) is 0 Å². The van der Waals surface area contributed by atoms with Gasteiger partial charge in [0.1, 0.15) is 5.01 Å². The van der Waals surface area contributed by atoms with Crippen LogP contribution in [0.2, 0.25) is 0 Å². The molecule has 0 atom stereocenters. The SMILES string of the molecule is CC(C)c1nc(O)ns1. The topological polar surface area (TPSA) is 46.0 Å². The van der Waals surface area contributed by atoms with E-state index in [1.165, 1.54) is 11.5 Å². The van der Waals surface area contributed by atoms with Crippen molar-refractivity contribution in [2.45, 2.75) is 19.8 Å². The normalized spacial score (nSPS) is 10.6. The molecular formula is C5H8N2OS. The zero-order valence-electron chi connectivity index (χ0n) is 5.33. The van der Waals surface area contributed by atoms with E-state index in [-0.39, 0.29) is 6.01 Å². The molecule has 0 bridgehead atoms. The Kier molecular flexibility index (Phi) is 1.66. The minimum absolute atomic E-state index is 0.108. The Labute approximate surface area is 57.5 Å². The highest BCUT2D eigenvalue weighted by Crippen LogP contribution is 2.17. The Hall–Kier alpha value is -0.640. The summed E-state index contributed by atoms with van der Waals surface area (Å²) in [5.41, 5.74) is 0. The number of nitrogens with zero attached hydrogens (tertiary/aromatic N) is 2. The lowest BCUT2D eigenvalue weighted by molar-refractivity contribution is 0.436. The molecule has 0 unspecified atom stereocenters. The fourth-order valence-corrected chi connectivity index (χ4v) is 1.01. The van der Waals surface area contributed by atoms with E-state index in [1.807, 2.05) is 13.8 Å². The lowest BCUT2D eigenvalue weighted by Gasteiger charge is -1.92. The molecule has 3 nitrogen and oxygen atoms in total. The first kappa shape index (κ1) is 6.48. The molecule has 0 saturated carbocycles. The molecular weight excluding hydrogens is 136 g/mol. The smallest absolute Gasteiger partial charge is 0.325 e. The zero-order chi connectivity index (χ0) is 6.85. The van der Waals surface area contributed by atoms with Crippen LogP contribution in [0.3, 0.4) is 0 Å². The Bertz CT molecular complexity index is 197. The average Bonchev–Trinajstić information content (AvgIpc) is 2.14. The number of rotatable bonds is 1. The van der Waals surface area contributed by atoms with Crippen LogP contribution in [0.15, 0.2) is 0 Å². The van der Waals surface area contributed by atoms with Gasteiger partial charge in [0.2, 0.25) is 0 Å². The van der Waals surface area contributed by atoms with Gasteiger partial charge in [0, 0.05) is 5.92 Å². The van der Waals surface area contributed by atoms with E-state index < -0.39 is 0 Å². The molecule has 0 spiro atoms. The van der Waals surface area contributed by atoms with E-state index in [2.05, 4.69) is 9.36 Å². The highest BCUT2D eigenvalue weighted by molar-refractivity contribution is 7.05. The predicted molar refractivity (Wildman–Crippen MR) is 35.7 cm³/mol. The molecule has 0 aromatic carbocycles. The molecule has 0 aliphatic rings. The third-order valence-electron chi connectivity index (χ3n) is 0.925. The minimum atomic E-state index is -0.108. The molecule has 1 rings (SSSR count). The van der Waals surface area contributed by atoms with Crippen molar-refractivity contribution in [3.63, 3.8) is 0 Å². The molecule has 0 aliphatic carbocycles. The number of aromatic nitrogens is 2. The highest BCUT2D eigenvalue weighted by Gasteiger charge is 2.04. The number of hydrogen-bond acceptors (Lipinski definition) is 4. The van der Waals surface area contributed by atoms with Crippen LogP contribution in [0.1, 0.15) is 24.8 Å². The minimum Gasteiger partial charge on any atom is -0.478 e. The summed E-state index contributed by atoms with van der Waals surface area (Å²) in [6.45, 7) is 4.03. The van der Waals surface area contributed by atoms with Gasteiger partial charge in [-0.2, -0.15) is 4.98 Å². The van der Waals surface area contributed by atoms with Crippen LogP contribution in [0.5, 0.6) is 6.01 Å². The van der Waals surface area contributed by atoms with Crippen molar-refractivity contribution in [1.82, 2.24) is 9.36 Å². The van der Waals surface area contributed by atoms with Gasteiger partial charge in [-0.25, -0.2) is 0 Å². The van der Waals surface area contributed by atoms with Crippen molar-refractivity contribution < 1.29 is 5.11 Å². The van der Waals surface area contributed by atoms with Gasteiger partial charge in [-0.05, 0) is 11.5 Å². The van der Waals surface area contributed by atoms with Crippen molar-refractivity contribution in [2.24, 2.45) is 0 Å². The lowest BCUT2D eigenvalue weighted by Crippen LogP contribution is -1.82. The van der Waals surface area contributed by atoms with Gasteiger partial charge in [0.25, 0.3) is 0 Å². The first-order valence-electron chi connectivity index (χ1n) is 2.72. The Morgan fingerprint density at radius 1 is 1.56 bits per heavy atom. The second-order valence-corrected chi connectivity index (χ2v) is 2.87. The summed E-state index contributed by atoms with van der Waals surface area (Å²) in [7, 11) is 0. The van der Waals surface area contributed by atoms with Gasteiger partial charge < -0.3 is 5.11 Å². The molecule has 1 aromatic rings. The van der Waals surface area contributed by atoms with Crippen LogP contribution < -0.4 is 0 Å². The van der Waals surface area contributed by atoms with E-state index in [1.54, 1.807) is 0 Å². The average molecular weight is 144 g/mol. The van der Waals surface area contributed by atoms with E-state index >= 15 is 0 Å². The maximum atomic E-state index is 8.69. The third kappa shape index (κ3) is 1.38. The van der Waals surface area contributed by atoms with E-state index in [0.717, 1.165) is 5.01 Å². The second-order valence-electron chi connectivity index (χ2n) is 2.09. The van der Waals surface area contributed by atoms with Crippen molar-refractivity contribution in [1.29, 1.82) is 0 Å². The monoisotopic (exact) mass is 144 g/mol. The molecule has 9 heavy (non-hydrogen) atoms. The Balaban J connectivity index is 2.85. The number of hydrogen-bond donors (Lipinski definition) is 1. The quantitative estimate of drug-likeness (QED) is 0.647. The summed E-state index contributed by atoms with van der Waals surface area (Å²) in [6.07, 6.45) is 0. The highest BCUT2D eigenvalue weighted by atomic mass is 32.1. The van der Waals surface area contributed by atoms with Crippen LogP contribution in [0.25, 0.3) is 0 Å². The maximum Gasteiger partial charge on any atom is 0.325 e. The molecule has 1 aromatic heterocycles. The molecule has 4 heteroatoms. The van der Waals surface area contributed by atoms with Crippen LogP contribution in [0, 0.1) is 0 Å². The largest absolute Gasteiger partial charge is 0.478 e. The van der Waals surface area contributed by atoms with E-state index in [0.29, 0.717) is 5.92 Å². The maximum absolute atomic E-state index is 8.69. The van der Waals surface area contributed by atoms with Crippen LogP contribution >= 0.6 is 11.5 Å². The van der Waals surface area contributed by atoms with Crippen LogP contribution in [-0.4, -0.2) is 14.5 Å². The van der Waals surface area contributed by atoms with Gasteiger partial charge >= 0.3 is 6.01 Å². The summed E-state index contributed by atoms with van der Waals surface area (Å²) in [5.74, 6) is 0.364. The molecule has 0 amide bonds. The Morgan fingerprint density at radius 2 is 2.22 bits per heavy atom. The zero-order valence-corrected chi connectivity index (χ0v) is 6.14. The Morgan fingerprint density at radius 3 is 2.44 bits per heavy atom. The molecule has 0 aliphatic heterocycles. The van der Waals surface area contributed by atoms with Crippen LogP contribution in [0.4, 0.5) is 0 Å². The number of aromatic hydroxyl groups is 1. The van der Waals surface area contributed by atoms with Gasteiger partial charge in [0.15, 0.2) is 0 Å². The first-order valence-corrected chi connectivity index (χ1v) is 3.50. The lowest BCUT2D eigenvalue weighted by atomic mass is 10.2. The third-order valence-corrected chi connectivity index (χ3v) is 1.93.